The van der Waals surface area contributed by atoms with Crippen molar-refractivity contribution in [2.75, 3.05) is 18.4 Å². The minimum Gasteiger partial charge on any atom is -0.353 e. The van der Waals surface area contributed by atoms with Crippen LogP contribution in [-0.4, -0.2) is 40.8 Å². The normalized spacial score (nSPS) is 18.6. The number of piperidine rings is 1. The van der Waals surface area contributed by atoms with Gasteiger partial charge in [0.15, 0.2) is 5.13 Å². The van der Waals surface area contributed by atoms with Crippen LogP contribution in [0.4, 0.5) is 5.13 Å². The second kappa shape index (κ2) is 9.85. The van der Waals surface area contributed by atoms with Crippen LogP contribution in [0.25, 0.3) is 0 Å². The highest BCUT2D eigenvalue weighted by Crippen LogP contribution is 2.38. The lowest BCUT2D eigenvalue weighted by Gasteiger charge is -2.32. The number of fused-ring (bicyclic) bond motifs is 1. The number of hydrogen-bond acceptors (Lipinski definition) is 5. The fraction of sp³-hybridized carbons (Fsp3) is 0.346. The average molecular weight is 461 g/mol. The minimum atomic E-state index is -0.221. The van der Waals surface area contributed by atoms with Crippen molar-refractivity contribution < 1.29 is 9.59 Å². The van der Waals surface area contributed by atoms with E-state index >= 15 is 0 Å². The van der Waals surface area contributed by atoms with E-state index in [1.165, 1.54) is 16.9 Å². The standard InChI is InChI=1S/C26H28N4O2S/c31-24(19-9-5-2-6-10-19)29-26-28-23-21(11-12-22(23)33-26)25(32)27-20-13-15-30(16-14-20)17-18-7-3-1-4-8-18/h1-10,20-21H,11-17H2,(H,27,32)(H,28,29,31). The molecule has 6 nitrogen and oxygen atoms in total. The number of aromatic nitrogens is 1. The Morgan fingerprint density at radius 3 is 2.39 bits per heavy atom. The maximum Gasteiger partial charge on any atom is 0.257 e. The molecule has 2 aromatic carbocycles. The number of carbonyl (C=O) groups excluding carboxylic acids is 2. The monoisotopic (exact) mass is 460 g/mol. The quantitative estimate of drug-likeness (QED) is 0.578. The van der Waals surface area contributed by atoms with E-state index in [0.29, 0.717) is 10.7 Å². The molecule has 5 rings (SSSR count). The zero-order chi connectivity index (χ0) is 22.6. The zero-order valence-electron chi connectivity index (χ0n) is 18.5. The third kappa shape index (κ3) is 5.15. The molecule has 1 aromatic heterocycles. The highest BCUT2D eigenvalue weighted by Gasteiger charge is 2.34. The van der Waals surface area contributed by atoms with Crippen LogP contribution in [0.5, 0.6) is 0 Å². The summed E-state index contributed by atoms with van der Waals surface area (Å²) in [7, 11) is 0. The van der Waals surface area contributed by atoms with E-state index in [4.69, 9.17) is 0 Å². The SMILES string of the molecule is O=C(Nc1nc2c(s1)CCC2C(=O)NC1CCN(Cc2ccccc2)CC1)c1ccccc1. The van der Waals surface area contributed by atoms with Crippen molar-refractivity contribution in [1.82, 2.24) is 15.2 Å². The van der Waals surface area contributed by atoms with Gasteiger partial charge >= 0.3 is 0 Å². The number of aryl methyl sites for hydroxylation is 1. The Kier molecular flexibility index (Phi) is 6.51. The molecule has 1 aliphatic carbocycles. The molecule has 2 N–H and O–H groups in total. The van der Waals surface area contributed by atoms with E-state index < -0.39 is 0 Å². The third-order valence-electron chi connectivity index (χ3n) is 6.47. The Labute approximate surface area is 198 Å². The molecule has 170 valence electrons. The minimum absolute atomic E-state index is 0.0708. The molecule has 1 fully saturated rings. The van der Waals surface area contributed by atoms with Gasteiger partial charge in [-0.3, -0.25) is 19.8 Å². The Balaban J connectivity index is 1.14. The Morgan fingerprint density at radius 2 is 1.67 bits per heavy atom. The van der Waals surface area contributed by atoms with Crippen molar-refractivity contribution in [3.05, 3.63) is 82.4 Å². The van der Waals surface area contributed by atoms with Crippen LogP contribution in [0.2, 0.25) is 0 Å². The summed E-state index contributed by atoms with van der Waals surface area (Å²) in [6.45, 7) is 2.94. The first-order valence-corrected chi connectivity index (χ1v) is 12.4. The first-order valence-electron chi connectivity index (χ1n) is 11.6. The molecule has 3 aromatic rings. The lowest BCUT2D eigenvalue weighted by Crippen LogP contribution is -2.45. The Bertz CT molecular complexity index is 1110. The molecule has 1 atom stereocenters. The van der Waals surface area contributed by atoms with Gasteiger partial charge in [-0.15, -0.1) is 11.3 Å². The highest BCUT2D eigenvalue weighted by molar-refractivity contribution is 7.16. The maximum absolute atomic E-state index is 13.1. The number of anilines is 1. The van der Waals surface area contributed by atoms with Crippen molar-refractivity contribution in [2.24, 2.45) is 0 Å². The number of nitrogens with one attached hydrogen (secondary N) is 2. The fourth-order valence-electron chi connectivity index (χ4n) is 4.67. The van der Waals surface area contributed by atoms with Crippen LogP contribution < -0.4 is 10.6 Å². The summed E-state index contributed by atoms with van der Waals surface area (Å²) in [5.41, 5.74) is 2.76. The predicted molar refractivity (Wildman–Crippen MR) is 130 cm³/mol. The van der Waals surface area contributed by atoms with Gasteiger partial charge in [-0.2, -0.15) is 0 Å². The van der Waals surface area contributed by atoms with Gasteiger partial charge < -0.3 is 5.32 Å². The molecule has 1 aliphatic heterocycles. The molecule has 0 saturated carbocycles. The number of nitrogens with zero attached hydrogens (tertiary/aromatic N) is 2. The molecule has 1 saturated heterocycles. The summed E-state index contributed by atoms with van der Waals surface area (Å²) in [5, 5.41) is 6.73. The van der Waals surface area contributed by atoms with E-state index in [2.05, 4.69) is 44.8 Å². The summed E-state index contributed by atoms with van der Waals surface area (Å²) < 4.78 is 0. The molecule has 0 radical (unpaired) electrons. The molecule has 2 aliphatic rings. The smallest absolute Gasteiger partial charge is 0.257 e. The van der Waals surface area contributed by atoms with Crippen molar-refractivity contribution in [3.8, 4) is 0 Å². The molecule has 1 unspecified atom stereocenters. The lowest BCUT2D eigenvalue weighted by atomic mass is 10.0. The molecule has 0 bridgehead atoms. The van der Waals surface area contributed by atoms with Gasteiger partial charge in [0.05, 0.1) is 11.6 Å². The van der Waals surface area contributed by atoms with E-state index in [9.17, 15) is 9.59 Å². The van der Waals surface area contributed by atoms with Crippen LogP contribution in [-0.2, 0) is 17.8 Å². The van der Waals surface area contributed by atoms with Crippen LogP contribution in [0, 0.1) is 0 Å². The molecule has 0 spiro atoms. The topological polar surface area (TPSA) is 74.3 Å². The van der Waals surface area contributed by atoms with Gasteiger partial charge in [0.25, 0.3) is 5.91 Å². The van der Waals surface area contributed by atoms with Crippen LogP contribution in [0.3, 0.4) is 0 Å². The van der Waals surface area contributed by atoms with E-state index in [-0.39, 0.29) is 23.8 Å². The molecule has 33 heavy (non-hydrogen) atoms. The number of likely N-dealkylation sites (tertiary alicyclic amines) is 1. The van der Waals surface area contributed by atoms with Gasteiger partial charge in [-0.05, 0) is 43.4 Å². The number of hydrogen-bond donors (Lipinski definition) is 2. The Hall–Kier alpha value is -3.03. The average Bonchev–Trinajstić information content (AvgIpc) is 3.42. The number of rotatable bonds is 6. The van der Waals surface area contributed by atoms with Gasteiger partial charge in [-0.25, -0.2) is 4.98 Å². The van der Waals surface area contributed by atoms with E-state index in [0.717, 1.165) is 55.9 Å². The molecular weight excluding hydrogens is 432 g/mol. The number of benzene rings is 2. The largest absolute Gasteiger partial charge is 0.353 e. The molecule has 7 heteroatoms. The van der Waals surface area contributed by atoms with Gasteiger partial charge in [-0.1, -0.05) is 48.5 Å². The summed E-state index contributed by atoms with van der Waals surface area (Å²) in [5.74, 6) is -0.325. The third-order valence-corrected chi connectivity index (χ3v) is 7.52. The molecule has 2 amide bonds. The highest BCUT2D eigenvalue weighted by atomic mass is 32.1. The lowest BCUT2D eigenvalue weighted by molar-refractivity contribution is -0.123. The van der Waals surface area contributed by atoms with E-state index in [1.54, 1.807) is 12.1 Å². The molecule has 2 heterocycles. The van der Waals surface area contributed by atoms with Crippen molar-refractivity contribution in [2.45, 2.75) is 44.2 Å². The maximum atomic E-state index is 13.1. The van der Waals surface area contributed by atoms with Crippen molar-refractivity contribution in [3.63, 3.8) is 0 Å². The summed E-state index contributed by atoms with van der Waals surface area (Å²) in [6, 6.07) is 19.8. The summed E-state index contributed by atoms with van der Waals surface area (Å²) in [4.78, 5) is 33.7. The van der Waals surface area contributed by atoms with E-state index in [1.807, 2.05) is 24.3 Å². The van der Waals surface area contributed by atoms with Crippen molar-refractivity contribution in [1.29, 1.82) is 0 Å². The van der Waals surface area contributed by atoms with Crippen LogP contribution in [0.1, 0.15) is 51.7 Å². The number of carbonyl (C=O) groups is 2. The molecular formula is C26H28N4O2S. The van der Waals surface area contributed by atoms with Gasteiger partial charge in [0, 0.05) is 36.1 Å². The second-order valence-electron chi connectivity index (χ2n) is 8.78. The Morgan fingerprint density at radius 1 is 0.970 bits per heavy atom. The second-order valence-corrected chi connectivity index (χ2v) is 9.87. The zero-order valence-corrected chi connectivity index (χ0v) is 19.3. The number of amides is 2. The number of thiazole rings is 1. The fourth-order valence-corrected chi connectivity index (χ4v) is 5.71. The van der Waals surface area contributed by atoms with Crippen LogP contribution >= 0.6 is 11.3 Å². The van der Waals surface area contributed by atoms with Crippen molar-refractivity contribution >= 4 is 28.3 Å². The van der Waals surface area contributed by atoms with Crippen LogP contribution in [0.15, 0.2) is 60.7 Å². The first-order chi connectivity index (χ1) is 16.2. The van der Waals surface area contributed by atoms with Gasteiger partial charge in [0.1, 0.15) is 0 Å². The predicted octanol–water partition coefficient (Wildman–Crippen LogP) is 4.21. The van der Waals surface area contributed by atoms with Gasteiger partial charge in [0.2, 0.25) is 5.91 Å². The first kappa shape index (κ1) is 21.8. The summed E-state index contributed by atoms with van der Waals surface area (Å²) >= 11 is 1.48. The summed E-state index contributed by atoms with van der Waals surface area (Å²) in [6.07, 6.45) is 3.56.